The quantitative estimate of drug-likeness (QED) is 0.602. The summed E-state index contributed by atoms with van der Waals surface area (Å²) in [5, 5.41) is 0. The highest BCUT2D eigenvalue weighted by Crippen LogP contribution is 2.71. The number of allylic oxidation sites excluding steroid dienone is 1. The Balaban J connectivity index is 1.89. The first-order chi connectivity index (χ1) is 8.50. The minimum atomic E-state index is -0.268. The molecular formula is C16H25NO. The molecular weight excluding hydrogens is 222 g/mol. The summed E-state index contributed by atoms with van der Waals surface area (Å²) in [5.74, 6) is 3.60. The Bertz CT molecular complexity index is 391. The average Bonchev–Trinajstić information content (AvgIpc) is 2.81. The fourth-order valence-corrected chi connectivity index (χ4v) is 5.25. The molecule has 7 unspecified atom stereocenters. The van der Waals surface area contributed by atoms with E-state index in [-0.39, 0.29) is 11.5 Å². The first-order valence-electron chi connectivity index (χ1n) is 7.38. The van der Waals surface area contributed by atoms with Gasteiger partial charge in [0.2, 0.25) is 0 Å². The summed E-state index contributed by atoms with van der Waals surface area (Å²) >= 11 is 0. The minimum Gasteiger partial charge on any atom is -0.321 e. The van der Waals surface area contributed by atoms with Crippen molar-refractivity contribution in [2.24, 2.45) is 40.7 Å². The largest absolute Gasteiger partial charge is 0.321 e. The third kappa shape index (κ3) is 1.48. The van der Waals surface area contributed by atoms with Crippen molar-refractivity contribution in [1.29, 1.82) is 0 Å². The third-order valence-electron chi connectivity index (χ3n) is 6.32. The van der Waals surface area contributed by atoms with Crippen LogP contribution >= 0.6 is 0 Å². The number of carbonyl (C=O) groups is 1. The molecule has 2 nitrogen and oxygen atoms in total. The van der Waals surface area contributed by atoms with Crippen LogP contribution < -0.4 is 5.73 Å². The van der Waals surface area contributed by atoms with Crippen molar-refractivity contribution < 1.29 is 4.79 Å². The summed E-state index contributed by atoms with van der Waals surface area (Å²) < 4.78 is 0. The second-order valence-electron chi connectivity index (χ2n) is 7.20. The van der Waals surface area contributed by atoms with Gasteiger partial charge in [-0.05, 0) is 60.7 Å². The Morgan fingerprint density at radius 1 is 1.50 bits per heavy atom. The third-order valence-corrected chi connectivity index (χ3v) is 6.32. The van der Waals surface area contributed by atoms with Crippen LogP contribution in [0.5, 0.6) is 0 Å². The normalized spacial score (nSPS) is 52.2. The summed E-state index contributed by atoms with van der Waals surface area (Å²) in [6.07, 6.45) is 5.93. The van der Waals surface area contributed by atoms with Gasteiger partial charge in [-0.1, -0.05) is 26.0 Å². The fraction of sp³-hybridized carbons (Fsp3) is 0.812. The lowest BCUT2D eigenvalue weighted by Crippen LogP contribution is -2.35. The van der Waals surface area contributed by atoms with Crippen molar-refractivity contribution >= 4 is 6.29 Å². The van der Waals surface area contributed by atoms with Crippen LogP contribution in [0.25, 0.3) is 0 Å². The van der Waals surface area contributed by atoms with Gasteiger partial charge in [-0.2, -0.15) is 0 Å². The zero-order chi connectivity index (χ0) is 13.1. The lowest BCUT2D eigenvalue weighted by atomic mass is 9.81. The molecule has 18 heavy (non-hydrogen) atoms. The summed E-state index contributed by atoms with van der Waals surface area (Å²) in [7, 11) is 0. The molecule has 100 valence electrons. The Morgan fingerprint density at radius 3 is 2.89 bits per heavy atom. The van der Waals surface area contributed by atoms with Crippen molar-refractivity contribution in [3.63, 3.8) is 0 Å². The molecule has 0 radical (unpaired) electrons. The van der Waals surface area contributed by atoms with Crippen LogP contribution in [-0.4, -0.2) is 12.3 Å². The Kier molecular flexibility index (Phi) is 2.71. The van der Waals surface area contributed by atoms with E-state index >= 15 is 0 Å². The molecule has 0 aromatic carbocycles. The van der Waals surface area contributed by atoms with Gasteiger partial charge >= 0.3 is 0 Å². The van der Waals surface area contributed by atoms with Crippen molar-refractivity contribution in [3.8, 4) is 0 Å². The van der Waals surface area contributed by atoms with Gasteiger partial charge < -0.3 is 10.5 Å². The van der Waals surface area contributed by atoms with E-state index < -0.39 is 0 Å². The van der Waals surface area contributed by atoms with Gasteiger partial charge in [0.05, 0.1) is 6.04 Å². The minimum absolute atomic E-state index is 0.0788. The Labute approximate surface area is 110 Å². The molecule has 3 saturated carbocycles. The van der Waals surface area contributed by atoms with Gasteiger partial charge in [-0.3, -0.25) is 0 Å². The van der Waals surface area contributed by atoms with Gasteiger partial charge in [-0.25, -0.2) is 0 Å². The number of nitrogens with two attached hydrogens (primary N) is 1. The highest BCUT2D eigenvalue weighted by Gasteiger charge is 2.68. The molecule has 2 N–H and O–H groups in total. The van der Waals surface area contributed by atoms with Gasteiger partial charge in [0.15, 0.2) is 0 Å². The van der Waals surface area contributed by atoms with Crippen LogP contribution in [-0.2, 0) is 4.79 Å². The number of hydrogen-bond donors (Lipinski definition) is 1. The molecule has 0 bridgehead atoms. The first kappa shape index (κ1) is 12.4. The SMILES string of the molecule is C=C1CCC2C(C3CC(C)CC13)C2(C)C(N)C=O. The predicted molar refractivity (Wildman–Crippen MR) is 72.9 cm³/mol. The van der Waals surface area contributed by atoms with Crippen molar-refractivity contribution in [2.75, 3.05) is 0 Å². The molecule has 0 aliphatic heterocycles. The van der Waals surface area contributed by atoms with Gasteiger partial charge in [0.25, 0.3) is 0 Å². The molecule has 3 aliphatic rings. The van der Waals surface area contributed by atoms with E-state index in [9.17, 15) is 4.79 Å². The van der Waals surface area contributed by atoms with Crippen molar-refractivity contribution in [3.05, 3.63) is 12.2 Å². The van der Waals surface area contributed by atoms with E-state index in [1.165, 1.54) is 24.8 Å². The van der Waals surface area contributed by atoms with Gasteiger partial charge in [0, 0.05) is 0 Å². The maximum absolute atomic E-state index is 11.1. The molecule has 0 spiro atoms. The first-order valence-corrected chi connectivity index (χ1v) is 7.38. The maximum atomic E-state index is 11.1. The van der Waals surface area contributed by atoms with E-state index in [2.05, 4.69) is 20.4 Å². The van der Waals surface area contributed by atoms with Gasteiger partial charge in [-0.15, -0.1) is 0 Å². The fourth-order valence-electron chi connectivity index (χ4n) is 5.25. The standard InChI is InChI=1S/C16H25NO/c1-9-6-11-10(2)4-5-13-15(12(11)7-9)16(13,3)14(17)8-18/h8-9,11-15H,2,4-7,17H2,1,3H3. The monoisotopic (exact) mass is 247 g/mol. The second-order valence-corrected chi connectivity index (χ2v) is 7.20. The molecule has 0 aromatic heterocycles. The summed E-state index contributed by atoms with van der Waals surface area (Å²) in [4.78, 5) is 11.1. The topological polar surface area (TPSA) is 43.1 Å². The van der Waals surface area contributed by atoms with Crippen molar-refractivity contribution in [1.82, 2.24) is 0 Å². The molecule has 0 aromatic rings. The number of aldehydes is 1. The summed E-state index contributed by atoms with van der Waals surface area (Å²) in [5.41, 5.74) is 7.63. The number of fused-ring (bicyclic) bond motifs is 3. The van der Waals surface area contributed by atoms with E-state index in [4.69, 9.17) is 5.73 Å². The molecule has 3 aliphatic carbocycles. The zero-order valence-corrected chi connectivity index (χ0v) is 11.6. The molecule has 3 fully saturated rings. The Hall–Kier alpha value is -0.630. The number of hydrogen-bond acceptors (Lipinski definition) is 2. The molecule has 0 heterocycles. The summed E-state index contributed by atoms with van der Waals surface area (Å²) in [6, 6.07) is -0.268. The van der Waals surface area contributed by atoms with Crippen LogP contribution in [0.4, 0.5) is 0 Å². The van der Waals surface area contributed by atoms with Crippen LogP contribution in [0.1, 0.15) is 39.5 Å². The van der Waals surface area contributed by atoms with Crippen LogP contribution in [0.2, 0.25) is 0 Å². The number of carbonyl (C=O) groups excluding carboxylic acids is 1. The van der Waals surface area contributed by atoms with E-state index in [0.29, 0.717) is 17.8 Å². The van der Waals surface area contributed by atoms with E-state index in [1.54, 1.807) is 0 Å². The zero-order valence-electron chi connectivity index (χ0n) is 11.6. The highest BCUT2D eigenvalue weighted by molar-refractivity contribution is 5.60. The average molecular weight is 247 g/mol. The van der Waals surface area contributed by atoms with Gasteiger partial charge in [0.1, 0.15) is 6.29 Å². The van der Waals surface area contributed by atoms with Crippen LogP contribution in [0.3, 0.4) is 0 Å². The molecule has 0 saturated heterocycles. The smallest absolute Gasteiger partial charge is 0.137 e. The predicted octanol–water partition coefficient (Wildman–Crippen LogP) is 2.78. The van der Waals surface area contributed by atoms with E-state index in [0.717, 1.165) is 24.5 Å². The maximum Gasteiger partial charge on any atom is 0.137 e. The van der Waals surface area contributed by atoms with Crippen molar-refractivity contribution in [2.45, 2.75) is 45.6 Å². The highest BCUT2D eigenvalue weighted by atomic mass is 16.1. The van der Waals surface area contributed by atoms with Crippen LogP contribution in [0.15, 0.2) is 12.2 Å². The van der Waals surface area contributed by atoms with Crippen LogP contribution in [0, 0.1) is 35.0 Å². The lowest BCUT2D eigenvalue weighted by molar-refractivity contribution is -0.110. The molecule has 0 amide bonds. The Morgan fingerprint density at radius 2 is 2.22 bits per heavy atom. The summed E-state index contributed by atoms with van der Waals surface area (Å²) in [6.45, 7) is 8.92. The molecule has 3 rings (SSSR count). The lowest BCUT2D eigenvalue weighted by Gasteiger charge is -2.25. The molecule has 2 heteroatoms. The van der Waals surface area contributed by atoms with E-state index in [1.807, 2.05) is 0 Å². The molecule has 7 atom stereocenters. The number of rotatable bonds is 2. The second kappa shape index (κ2) is 3.93.